The van der Waals surface area contributed by atoms with Gasteiger partial charge >= 0.3 is 5.82 Å². The van der Waals surface area contributed by atoms with Gasteiger partial charge in [-0.3, -0.25) is 4.21 Å². The third-order valence-corrected chi connectivity index (χ3v) is 3.24. The molecule has 0 aliphatic rings. The molecule has 1 aromatic heterocycles. The van der Waals surface area contributed by atoms with Crippen LogP contribution >= 0.6 is 0 Å². The van der Waals surface area contributed by atoms with Crippen molar-refractivity contribution in [1.82, 2.24) is 4.98 Å². The first-order valence-electron chi connectivity index (χ1n) is 5.28. The van der Waals surface area contributed by atoms with Crippen LogP contribution in [0.15, 0.2) is 47.5 Å². The Labute approximate surface area is 111 Å². The molecule has 0 fully saturated rings. The zero-order valence-electron chi connectivity index (χ0n) is 9.98. The van der Waals surface area contributed by atoms with Gasteiger partial charge in [-0.1, -0.05) is 0 Å². The number of nitro groups is 1. The minimum Gasteiger partial charge on any atom is -0.453 e. The third-order valence-electron chi connectivity index (χ3n) is 2.30. The molecule has 98 valence electrons. The highest BCUT2D eigenvalue weighted by atomic mass is 32.2. The van der Waals surface area contributed by atoms with Gasteiger partial charge in [0.2, 0.25) is 0 Å². The molecular weight excluding hydrogens is 268 g/mol. The highest BCUT2D eigenvalue weighted by Crippen LogP contribution is 2.22. The molecule has 19 heavy (non-hydrogen) atoms. The van der Waals surface area contributed by atoms with Crippen molar-refractivity contribution in [1.29, 1.82) is 0 Å². The lowest BCUT2D eigenvalue weighted by molar-refractivity contribution is -0.389. The molecule has 0 N–H and O–H groups in total. The fraction of sp³-hybridized carbons (Fsp3) is 0.0833. The van der Waals surface area contributed by atoms with Crippen molar-refractivity contribution in [2.45, 2.75) is 4.90 Å². The predicted octanol–water partition coefficient (Wildman–Crippen LogP) is 2.52. The Bertz CT molecular complexity index is 555. The lowest BCUT2D eigenvalue weighted by Crippen LogP contribution is -1.92. The van der Waals surface area contributed by atoms with Crippen molar-refractivity contribution in [3.8, 4) is 11.5 Å². The van der Waals surface area contributed by atoms with Crippen LogP contribution in [0.4, 0.5) is 5.82 Å². The van der Waals surface area contributed by atoms with E-state index in [0.29, 0.717) is 16.4 Å². The highest BCUT2D eigenvalue weighted by Gasteiger charge is 2.07. The molecule has 0 amide bonds. The maximum Gasteiger partial charge on any atom is 0.363 e. The van der Waals surface area contributed by atoms with Gasteiger partial charge in [0.15, 0.2) is 11.9 Å². The van der Waals surface area contributed by atoms with Gasteiger partial charge < -0.3 is 14.9 Å². The van der Waals surface area contributed by atoms with Gasteiger partial charge in [-0.25, -0.2) is 0 Å². The summed E-state index contributed by atoms with van der Waals surface area (Å²) in [7, 11) is -1.03. The minimum atomic E-state index is -1.03. The number of hydrogen-bond donors (Lipinski definition) is 0. The molecule has 0 saturated carbocycles. The van der Waals surface area contributed by atoms with Crippen LogP contribution in [0.5, 0.6) is 11.5 Å². The molecule has 1 unspecified atom stereocenters. The standard InChI is InChI=1S/C12H10N2O4S/c1-19(17)11-5-2-9(3-6-11)18-10-4-7-12(13-8-10)14(15)16/h2-8H,1H3. The molecule has 1 aromatic carbocycles. The fourth-order valence-corrected chi connectivity index (χ4v) is 1.90. The zero-order valence-corrected chi connectivity index (χ0v) is 10.8. The average molecular weight is 278 g/mol. The maximum absolute atomic E-state index is 11.2. The molecule has 1 heterocycles. The number of aromatic nitrogens is 1. The Morgan fingerprint density at radius 3 is 2.26 bits per heavy atom. The molecule has 7 heteroatoms. The second-order valence-corrected chi connectivity index (χ2v) is 5.02. The van der Waals surface area contributed by atoms with E-state index in [0.717, 1.165) is 0 Å². The Balaban J connectivity index is 2.12. The lowest BCUT2D eigenvalue weighted by Gasteiger charge is -2.04. The van der Waals surface area contributed by atoms with E-state index < -0.39 is 15.7 Å². The van der Waals surface area contributed by atoms with Gasteiger partial charge in [0.05, 0.1) is 0 Å². The van der Waals surface area contributed by atoms with Crippen molar-refractivity contribution in [2.75, 3.05) is 6.26 Å². The zero-order chi connectivity index (χ0) is 13.8. The van der Waals surface area contributed by atoms with E-state index in [1.165, 1.54) is 18.3 Å². The molecule has 6 nitrogen and oxygen atoms in total. The molecule has 2 aromatic rings. The molecule has 0 saturated heterocycles. The maximum atomic E-state index is 11.2. The Kier molecular flexibility index (Phi) is 3.86. The average Bonchev–Trinajstić information content (AvgIpc) is 2.40. The summed E-state index contributed by atoms with van der Waals surface area (Å²) in [4.78, 5) is 14.2. The van der Waals surface area contributed by atoms with Gasteiger partial charge in [0, 0.05) is 28.0 Å². The summed E-state index contributed by atoms with van der Waals surface area (Å²) in [5.41, 5.74) is 0. The second kappa shape index (κ2) is 5.57. The first-order chi connectivity index (χ1) is 9.06. The number of hydrogen-bond acceptors (Lipinski definition) is 5. The van der Waals surface area contributed by atoms with Crippen molar-refractivity contribution < 1.29 is 13.9 Å². The summed E-state index contributed by atoms with van der Waals surface area (Å²) in [6.07, 6.45) is 2.88. The molecule has 0 bridgehead atoms. The van der Waals surface area contributed by atoms with Crippen molar-refractivity contribution in [2.24, 2.45) is 0 Å². The SMILES string of the molecule is CS(=O)c1ccc(Oc2ccc([N+](=O)[O-])nc2)cc1. The molecule has 0 spiro atoms. The summed E-state index contributed by atoms with van der Waals surface area (Å²) in [5.74, 6) is 0.713. The van der Waals surface area contributed by atoms with Crippen molar-refractivity contribution >= 4 is 16.6 Å². The van der Waals surface area contributed by atoms with Gasteiger partial charge in [-0.05, 0) is 40.2 Å². The smallest absolute Gasteiger partial charge is 0.363 e. The number of ether oxygens (including phenoxy) is 1. The summed E-state index contributed by atoms with van der Waals surface area (Å²) in [5, 5.41) is 10.4. The molecule has 2 rings (SSSR count). The van der Waals surface area contributed by atoms with Gasteiger partial charge in [-0.15, -0.1) is 0 Å². The Hall–Kier alpha value is -2.28. The topological polar surface area (TPSA) is 82.3 Å². The van der Waals surface area contributed by atoms with Crippen LogP contribution in [0.25, 0.3) is 0 Å². The van der Waals surface area contributed by atoms with Crippen LogP contribution < -0.4 is 4.74 Å². The van der Waals surface area contributed by atoms with E-state index in [-0.39, 0.29) is 5.82 Å². The Morgan fingerprint density at radius 2 is 1.79 bits per heavy atom. The quantitative estimate of drug-likeness (QED) is 0.634. The predicted molar refractivity (Wildman–Crippen MR) is 69.7 cm³/mol. The second-order valence-electron chi connectivity index (χ2n) is 3.64. The summed E-state index contributed by atoms with van der Waals surface area (Å²) in [6.45, 7) is 0. The molecule has 1 atom stereocenters. The minimum absolute atomic E-state index is 0.232. The summed E-state index contributed by atoms with van der Waals surface area (Å²) in [6, 6.07) is 9.49. The van der Waals surface area contributed by atoms with Crippen LogP contribution in [0, 0.1) is 10.1 Å². The molecule has 0 radical (unpaired) electrons. The summed E-state index contributed by atoms with van der Waals surface area (Å²) < 4.78 is 16.7. The molecular formula is C12H10N2O4S. The van der Waals surface area contributed by atoms with E-state index >= 15 is 0 Å². The van der Waals surface area contributed by atoms with E-state index in [1.54, 1.807) is 30.5 Å². The van der Waals surface area contributed by atoms with Crippen LogP contribution in [-0.2, 0) is 10.8 Å². The first kappa shape index (κ1) is 13.2. The van der Waals surface area contributed by atoms with Crippen molar-refractivity contribution in [3.63, 3.8) is 0 Å². The number of rotatable bonds is 4. The van der Waals surface area contributed by atoms with Crippen molar-refractivity contribution in [3.05, 3.63) is 52.7 Å². The fourth-order valence-electron chi connectivity index (χ4n) is 1.38. The van der Waals surface area contributed by atoms with Crippen LogP contribution in [0.2, 0.25) is 0 Å². The lowest BCUT2D eigenvalue weighted by atomic mass is 10.3. The van der Waals surface area contributed by atoms with Gasteiger partial charge in [-0.2, -0.15) is 0 Å². The monoisotopic (exact) mass is 278 g/mol. The van der Waals surface area contributed by atoms with Gasteiger partial charge in [0.1, 0.15) is 5.75 Å². The first-order valence-corrected chi connectivity index (χ1v) is 6.84. The van der Waals surface area contributed by atoms with Crippen LogP contribution in [-0.4, -0.2) is 20.4 Å². The van der Waals surface area contributed by atoms with Gasteiger partial charge in [0.25, 0.3) is 0 Å². The number of benzene rings is 1. The van der Waals surface area contributed by atoms with E-state index in [2.05, 4.69) is 4.98 Å². The van der Waals surface area contributed by atoms with E-state index in [9.17, 15) is 14.3 Å². The third kappa shape index (κ3) is 3.35. The molecule has 0 aliphatic heterocycles. The normalized spacial score (nSPS) is 11.8. The molecule has 0 aliphatic carbocycles. The number of nitrogens with zero attached hydrogens (tertiary/aromatic N) is 2. The summed E-state index contributed by atoms with van der Waals surface area (Å²) >= 11 is 0. The van der Waals surface area contributed by atoms with E-state index in [1.807, 2.05) is 0 Å². The largest absolute Gasteiger partial charge is 0.453 e. The van der Waals surface area contributed by atoms with Crippen LogP contribution in [0.1, 0.15) is 0 Å². The number of pyridine rings is 1. The van der Waals surface area contributed by atoms with E-state index in [4.69, 9.17) is 4.74 Å². The highest BCUT2D eigenvalue weighted by molar-refractivity contribution is 7.84. The van der Waals surface area contributed by atoms with Crippen LogP contribution in [0.3, 0.4) is 0 Å². The Morgan fingerprint density at radius 1 is 1.16 bits per heavy atom.